The van der Waals surface area contributed by atoms with Crippen LogP contribution in [0.4, 0.5) is 8.78 Å². The quantitative estimate of drug-likeness (QED) is 0.288. The average molecular weight is 513 g/mol. The van der Waals surface area contributed by atoms with E-state index in [2.05, 4.69) is 39.0 Å². The number of methoxy groups -OCH3 is 1. The van der Waals surface area contributed by atoms with Gasteiger partial charge in [0.25, 0.3) is 0 Å². The highest BCUT2D eigenvalue weighted by Gasteiger charge is 2.18. The Morgan fingerprint density at radius 2 is 1.54 bits per heavy atom. The Labute approximate surface area is 219 Å². The molecule has 3 heterocycles. The number of nitrogens with zero attached hydrogens (tertiary/aromatic N) is 6. The van der Waals surface area contributed by atoms with Crippen molar-refractivity contribution >= 4 is 0 Å². The molecule has 0 bridgehead atoms. The highest BCUT2D eigenvalue weighted by molar-refractivity contribution is 5.62. The molecule has 0 spiro atoms. The zero-order valence-corrected chi connectivity index (χ0v) is 23.3. The van der Waals surface area contributed by atoms with Crippen molar-refractivity contribution in [3.63, 3.8) is 0 Å². The molecule has 4 aromatic rings. The minimum Gasteiger partial charge on any atom is -0.495 e. The molecular weight excluding hydrogens is 474 g/mol. The molecule has 37 heavy (non-hydrogen) atoms. The Hall–Kier alpha value is -3.75. The predicted molar refractivity (Wildman–Crippen MR) is 144 cm³/mol. The van der Waals surface area contributed by atoms with E-state index in [9.17, 15) is 8.78 Å². The van der Waals surface area contributed by atoms with Crippen molar-refractivity contribution in [1.82, 2.24) is 29.7 Å². The number of hydrogen-bond acceptors (Lipinski definition) is 6. The largest absolute Gasteiger partial charge is 0.495 e. The third-order valence-corrected chi connectivity index (χ3v) is 4.70. The van der Waals surface area contributed by atoms with Gasteiger partial charge in [0, 0.05) is 18.2 Å². The molecule has 0 aliphatic carbocycles. The Bertz CT molecular complexity index is 1210. The fourth-order valence-electron chi connectivity index (χ4n) is 3.24. The summed E-state index contributed by atoms with van der Waals surface area (Å²) < 4.78 is 33.1. The molecule has 1 aromatic carbocycles. The van der Waals surface area contributed by atoms with Gasteiger partial charge in [-0.3, -0.25) is 9.55 Å². The number of pyridine rings is 1. The van der Waals surface area contributed by atoms with Crippen molar-refractivity contribution < 1.29 is 13.5 Å². The maximum Gasteiger partial charge on any atom is 0.170 e. The van der Waals surface area contributed by atoms with Gasteiger partial charge in [-0.1, -0.05) is 53.7 Å². The highest BCUT2D eigenvalue weighted by atomic mass is 19.1. The van der Waals surface area contributed by atoms with Gasteiger partial charge in [-0.25, -0.2) is 18.7 Å². The van der Waals surface area contributed by atoms with Crippen LogP contribution in [-0.4, -0.2) is 36.8 Å². The van der Waals surface area contributed by atoms with E-state index in [0.717, 1.165) is 23.9 Å². The van der Waals surface area contributed by atoms with Crippen molar-refractivity contribution in [2.75, 3.05) is 7.11 Å². The lowest BCUT2D eigenvalue weighted by Gasteiger charge is -2.15. The molecule has 0 unspecified atom stereocenters. The van der Waals surface area contributed by atoms with Gasteiger partial charge in [0.2, 0.25) is 0 Å². The molecule has 0 atom stereocenters. The summed E-state index contributed by atoms with van der Waals surface area (Å²) in [6.07, 6.45) is 5.93. The molecule has 0 amide bonds. The number of hydrogen-bond donors (Lipinski definition) is 0. The molecule has 0 radical (unpaired) electrons. The lowest BCUT2D eigenvalue weighted by atomic mass is 10.1. The van der Waals surface area contributed by atoms with Gasteiger partial charge < -0.3 is 4.74 Å². The lowest BCUT2D eigenvalue weighted by molar-refractivity contribution is 0.412. The summed E-state index contributed by atoms with van der Waals surface area (Å²) in [6, 6.07) is 7.15. The molecule has 3 aromatic heterocycles. The number of halogens is 2. The zero-order chi connectivity index (χ0) is 28.0. The standard InChI is InChI=1S/C16H15FN4O.C8H11FN2.2C2H6/c1-10-5-4-6-14(22-3)15(10)21-11(2)19-20-16(21)12-7-13(17)9-18-8-12;1-6(2)3-8-10-4-7(9)5-11-8;2*1-2/h4-9H,1-3H3;4-6H,3H2,1-2H3;2*1-2H3. The summed E-state index contributed by atoms with van der Waals surface area (Å²) in [7, 11) is 1.61. The van der Waals surface area contributed by atoms with E-state index < -0.39 is 5.82 Å². The Balaban J connectivity index is 0.000000385. The third-order valence-electron chi connectivity index (χ3n) is 4.70. The van der Waals surface area contributed by atoms with Gasteiger partial charge in [-0.05, 0) is 37.5 Å². The fraction of sp³-hybridized carbons (Fsp3) is 0.393. The summed E-state index contributed by atoms with van der Waals surface area (Å²) in [4.78, 5) is 11.5. The second kappa shape index (κ2) is 16.1. The van der Waals surface area contributed by atoms with Gasteiger partial charge >= 0.3 is 0 Å². The van der Waals surface area contributed by atoms with Crippen LogP contribution in [0.15, 0.2) is 49.1 Å². The molecular formula is C28H38F2N6O. The first-order valence-electron chi connectivity index (χ1n) is 12.4. The van der Waals surface area contributed by atoms with Crippen LogP contribution >= 0.6 is 0 Å². The first-order valence-corrected chi connectivity index (χ1v) is 12.4. The van der Waals surface area contributed by atoms with Crippen molar-refractivity contribution in [2.45, 2.75) is 61.8 Å². The maximum atomic E-state index is 13.5. The first-order chi connectivity index (χ1) is 17.8. The number of benzene rings is 1. The smallest absolute Gasteiger partial charge is 0.170 e. The number of aromatic nitrogens is 6. The van der Waals surface area contributed by atoms with E-state index in [1.807, 2.05) is 64.3 Å². The topological polar surface area (TPSA) is 78.6 Å². The van der Waals surface area contributed by atoms with E-state index in [0.29, 0.717) is 34.7 Å². The van der Waals surface area contributed by atoms with E-state index in [1.54, 1.807) is 13.3 Å². The fourth-order valence-corrected chi connectivity index (χ4v) is 3.24. The summed E-state index contributed by atoms with van der Waals surface area (Å²) in [5.74, 6) is 2.35. The molecule has 0 aliphatic rings. The normalized spacial score (nSPS) is 9.84. The van der Waals surface area contributed by atoms with Crippen LogP contribution in [0.1, 0.15) is 58.8 Å². The van der Waals surface area contributed by atoms with Crippen LogP contribution in [0.3, 0.4) is 0 Å². The van der Waals surface area contributed by atoms with Crippen molar-refractivity contribution in [1.29, 1.82) is 0 Å². The summed E-state index contributed by atoms with van der Waals surface area (Å²) in [5.41, 5.74) is 2.41. The van der Waals surface area contributed by atoms with Crippen LogP contribution in [-0.2, 0) is 6.42 Å². The molecule has 0 aliphatic heterocycles. The molecule has 0 saturated carbocycles. The van der Waals surface area contributed by atoms with Gasteiger partial charge in [-0.15, -0.1) is 10.2 Å². The molecule has 0 saturated heterocycles. The van der Waals surface area contributed by atoms with Gasteiger partial charge in [0.05, 0.1) is 31.4 Å². The zero-order valence-electron chi connectivity index (χ0n) is 23.3. The highest BCUT2D eigenvalue weighted by Crippen LogP contribution is 2.31. The number of aryl methyl sites for hydroxylation is 2. The molecule has 200 valence electrons. The van der Waals surface area contributed by atoms with Crippen LogP contribution < -0.4 is 4.74 Å². The van der Waals surface area contributed by atoms with Gasteiger partial charge in [0.1, 0.15) is 23.2 Å². The molecule has 0 fully saturated rings. The molecule has 0 N–H and O–H groups in total. The van der Waals surface area contributed by atoms with Crippen LogP contribution in [0, 0.1) is 31.4 Å². The minimum absolute atomic E-state index is 0.377. The second-order valence-electron chi connectivity index (χ2n) is 7.84. The summed E-state index contributed by atoms with van der Waals surface area (Å²) in [6.45, 7) is 16.0. The maximum absolute atomic E-state index is 13.5. The third kappa shape index (κ3) is 9.00. The monoisotopic (exact) mass is 512 g/mol. The van der Waals surface area contributed by atoms with Crippen molar-refractivity contribution in [2.24, 2.45) is 5.92 Å². The summed E-state index contributed by atoms with van der Waals surface area (Å²) >= 11 is 0. The van der Waals surface area contributed by atoms with E-state index in [4.69, 9.17) is 4.74 Å². The SMILES string of the molecule is CC.CC.CC(C)Cc1ncc(F)cn1.COc1cccc(C)c1-n1c(C)nnc1-c1cncc(F)c1. The number of rotatable bonds is 5. The summed E-state index contributed by atoms with van der Waals surface area (Å²) in [5, 5.41) is 8.29. The van der Waals surface area contributed by atoms with E-state index >= 15 is 0 Å². The van der Waals surface area contributed by atoms with Crippen LogP contribution in [0.25, 0.3) is 17.1 Å². The molecule has 7 nitrogen and oxygen atoms in total. The predicted octanol–water partition coefficient (Wildman–Crippen LogP) is 6.96. The lowest BCUT2D eigenvalue weighted by Crippen LogP contribution is -2.05. The van der Waals surface area contributed by atoms with Crippen LogP contribution in [0.2, 0.25) is 0 Å². The first kappa shape index (κ1) is 31.3. The van der Waals surface area contributed by atoms with Crippen molar-refractivity contribution in [3.8, 4) is 22.8 Å². The second-order valence-corrected chi connectivity index (χ2v) is 7.84. The minimum atomic E-state index is -0.415. The number of ether oxygens (including phenoxy) is 1. The number of para-hydroxylation sites is 1. The van der Waals surface area contributed by atoms with Crippen molar-refractivity contribution in [3.05, 3.63) is 77.9 Å². The Morgan fingerprint density at radius 1 is 0.892 bits per heavy atom. The molecule has 9 heteroatoms. The van der Waals surface area contributed by atoms with Gasteiger partial charge in [-0.2, -0.15) is 0 Å². The Morgan fingerprint density at radius 3 is 2.11 bits per heavy atom. The van der Waals surface area contributed by atoms with E-state index in [-0.39, 0.29) is 5.82 Å². The average Bonchev–Trinajstić information content (AvgIpc) is 3.28. The Kier molecular flexibility index (Phi) is 13.6. The van der Waals surface area contributed by atoms with Gasteiger partial charge in [0.15, 0.2) is 11.6 Å². The molecule has 4 rings (SSSR count). The van der Waals surface area contributed by atoms with Crippen LogP contribution in [0.5, 0.6) is 5.75 Å². The van der Waals surface area contributed by atoms with E-state index in [1.165, 1.54) is 18.5 Å².